The molecule has 0 spiro atoms. The molecule has 1 heteroatoms. The average molecular weight is 141 g/mol. The first-order valence-corrected chi connectivity index (χ1v) is 4.18. The van der Waals surface area contributed by atoms with Crippen molar-refractivity contribution in [3.05, 3.63) is 12.7 Å². The van der Waals surface area contributed by atoms with E-state index >= 15 is 0 Å². The maximum Gasteiger partial charge on any atom is 0.0160 e. The second-order valence-electron chi connectivity index (χ2n) is 2.54. The summed E-state index contributed by atoms with van der Waals surface area (Å²) in [5.74, 6) is 0. The molecule has 0 radical (unpaired) electrons. The molecule has 0 aromatic rings. The van der Waals surface area contributed by atoms with Gasteiger partial charge in [-0.05, 0) is 19.5 Å². The smallest absolute Gasteiger partial charge is 0.0160 e. The lowest BCUT2D eigenvalue weighted by Crippen LogP contribution is -2.24. The lowest BCUT2D eigenvalue weighted by Gasteiger charge is -2.17. The van der Waals surface area contributed by atoms with Gasteiger partial charge in [-0.3, -0.25) is 4.90 Å². The highest BCUT2D eigenvalue weighted by molar-refractivity contribution is 4.72. The Labute approximate surface area is 64.7 Å². The van der Waals surface area contributed by atoms with Crippen molar-refractivity contribution in [3.63, 3.8) is 0 Å². The molecule has 0 aromatic carbocycles. The summed E-state index contributed by atoms with van der Waals surface area (Å²) in [6, 6.07) is 0. The molecule has 0 fully saturated rings. The summed E-state index contributed by atoms with van der Waals surface area (Å²) < 4.78 is 0. The summed E-state index contributed by atoms with van der Waals surface area (Å²) in [4.78, 5) is 2.40. The summed E-state index contributed by atoms with van der Waals surface area (Å²) in [5.41, 5.74) is 0. The van der Waals surface area contributed by atoms with Crippen molar-refractivity contribution in [1.29, 1.82) is 0 Å². The Kier molecular flexibility index (Phi) is 6.61. The summed E-state index contributed by atoms with van der Waals surface area (Å²) in [6.45, 7) is 11.5. The standard InChI is InChI=1S/C9H19N/c1-4-7-9-10(6-3)8-5-2/h5H,2,4,6-9H2,1,3H3. The second kappa shape index (κ2) is 6.81. The van der Waals surface area contributed by atoms with E-state index in [-0.39, 0.29) is 0 Å². The Balaban J connectivity index is 3.29. The van der Waals surface area contributed by atoms with Gasteiger partial charge in [0, 0.05) is 6.54 Å². The van der Waals surface area contributed by atoms with Crippen molar-refractivity contribution in [2.75, 3.05) is 19.6 Å². The molecule has 0 amide bonds. The fraction of sp³-hybridized carbons (Fsp3) is 0.778. The van der Waals surface area contributed by atoms with Crippen molar-refractivity contribution in [2.24, 2.45) is 0 Å². The van der Waals surface area contributed by atoms with Crippen LogP contribution in [-0.4, -0.2) is 24.5 Å². The first kappa shape index (κ1) is 9.70. The van der Waals surface area contributed by atoms with Crippen molar-refractivity contribution in [3.8, 4) is 0 Å². The monoisotopic (exact) mass is 141 g/mol. The average Bonchev–Trinajstić information content (AvgIpc) is 1.98. The third-order valence-electron chi connectivity index (χ3n) is 1.66. The molecule has 0 heterocycles. The van der Waals surface area contributed by atoms with E-state index in [1.807, 2.05) is 6.08 Å². The third kappa shape index (κ3) is 4.57. The molecule has 0 bridgehead atoms. The predicted octanol–water partition coefficient (Wildman–Crippen LogP) is 2.29. The maximum atomic E-state index is 3.71. The zero-order valence-electron chi connectivity index (χ0n) is 7.27. The molecule has 0 N–H and O–H groups in total. The van der Waals surface area contributed by atoms with Crippen LogP contribution in [0.25, 0.3) is 0 Å². The Bertz CT molecular complexity index is 78.8. The summed E-state index contributed by atoms with van der Waals surface area (Å²) in [7, 11) is 0. The van der Waals surface area contributed by atoms with Gasteiger partial charge in [0.1, 0.15) is 0 Å². The van der Waals surface area contributed by atoms with Gasteiger partial charge in [0.15, 0.2) is 0 Å². The van der Waals surface area contributed by atoms with Crippen LogP contribution in [0.3, 0.4) is 0 Å². The molecule has 60 valence electrons. The number of likely N-dealkylation sites (N-methyl/N-ethyl adjacent to an activating group) is 1. The molecule has 0 saturated carbocycles. The van der Waals surface area contributed by atoms with Crippen molar-refractivity contribution < 1.29 is 0 Å². The molecule has 0 aromatic heterocycles. The fourth-order valence-corrected chi connectivity index (χ4v) is 0.943. The molecule has 0 aliphatic heterocycles. The van der Waals surface area contributed by atoms with E-state index in [1.54, 1.807) is 0 Å². The van der Waals surface area contributed by atoms with Crippen LogP contribution in [0.5, 0.6) is 0 Å². The number of hydrogen-bond donors (Lipinski definition) is 0. The molecule has 0 saturated heterocycles. The van der Waals surface area contributed by atoms with Gasteiger partial charge in [0.2, 0.25) is 0 Å². The first-order valence-electron chi connectivity index (χ1n) is 4.18. The van der Waals surface area contributed by atoms with E-state index in [1.165, 1.54) is 19.4 Å². The van der Waals surface area contributed by atoms with Gasteiger partial charge in [-0.15, -0.1) is 6.58 Å². The Morgan fingerprint density at radius 2 is 2.10 bits per heavy atom. The normalized spacial score (nSPS) is 10.3. The molecule has 0 atom stereocenters. The molecule has 0 rings (SSSR count). The predicted molar refractivity (Wildman–Crippen MR) is 47.2 cm³/mol. The number of unbranched alkanes of at least 4 members (excludes halogenated alkanes) is 1. The van der Waals surface area contributed by atoms with Crippen LogP contribution < -0.4 is 0 Å². The Hall–Kier alpha value is -0.300. The topological polar surface area (TPSA) is 3.24 Å². The highest BCUT2D eigenvalue weighted by atomic mass is 15.1. The molecule has 1 nitrogen and oxygen atoms in total. The molecular weight excluding hydrogens is 122 g/mol. The van der Waals surface area contributed by atoms with E-state index in [9.17, 15) is 0 Å². The minimum atomic E-state index is 1.04. The minimum Gasteiger partial charge on any atom is -0.300 e. The van der Waals surface area contributed by atoms with Crippen molar-refractivity contribution >= 4 is 0 Å². The highest BCUT2D eigenvalue weighted by Crippen LogP contribution is 1.93. The summed E-state index contributed by atoms with van der Waals surface area (Å²) in [6.07, 6.45) is 4.56. The Morgan fingerprint density at radius 1 is 1.40 bits per heavy atom. The number of nitrogens with zero attached hydrogens (tertiary/aromatic N) is 1. The van der Waals surface area contributed by atoms with Crippen LogP contribution in [-0.2, 0) is 0 Å². The highest BCUT2D eigenvalue weighted by Gasteiger charge is 1.95. The van der Waals surface area contributed by atoms with Gasteiger partial charge in [-0.2, -0.15) is 0 Å². The van der Waals surface area contributed by atoms with Gasteiger partial charge >= 0.3 is 0 Å². The number of hydrogen-bond acceptors (Lipinski definition) is 1. The fourth-order valence-electron chi connectivity index (χ4n) is 0.943. The van der Waals surface area contributed by atoms with Gasteiger partial charge in [0.25, 0.3) is 0 Å². The van der Waals surface area contributed by atoms with E-state index < -0.39 is 0 Å². The first-order chi connectivity index (χ1) is 4.85. The van der Waals surface area contributed by atoms with Gasteiger partial charge in [0.05, 0.1) is 0 Å². The molecular formula is C9H19N. The third-order valence-corrected chi connectivity index (χ3v) is 1.66. The van der Waals surface area contributed by atoms with Gasteiger partial charge in [-0.1, -0.05) is 26.3 Å². The van der Waals surface area contributed by atoms with E-state index in [0.29, 0.717) is 0 Å². The maximum absolute atomic E-state index is 3.71. The molecule has 0 aliphatic carbocycles. The van der Waals surface area contributed by atoms with E-state index in [4.69, 9.17) is 0 Å². The number of rotatable bonds is 6. The van der Waals surface area contributed by atoms with Crippen molar-refractivity contribution in [2.45, 2.75) is 26.7 Å². The molecule has 10 heavy (non-hydrogen) atoms. The largest absolute Gasteiger partial charge is 0.300 e. The van der Waals surface area contributed by atoms with Crippen LogP contribution >= 0.6 is 0 Å². The van der Waals surface area contributed by atoms with Crippen LogP contribution in [0.1, 0.15) is 26.7 Å². The minimum absolute atomic E-state index is 1.04. The van der Waals surface area contributed by atoms with E-state index in [0.717, 1.165) is 13.1 Å². The molecule has 0 aliphatic rings. The van der Waals surface area contributed by atoms with Gasteiger partial charge < -0.3 is 0 Å². The quantitative estimate of drug-likeness (QED) is 0.513. The lowest BCUT2D eigenvalue weighted by atomic mass is 10.3. The zero-order chi connectivity index (χ0) is 7.82. The van der Waals surface area contributed by atoms with Gasteiger partial charge in [-0.25, -0.2) is 0 Å². The van der Waals surface area contributed by atoms with Crippen LogP contribution in [0.2, 0.25) is 0 Å². The van der Waals surface area contributed by atoms with Crippen LogP contribution in [0, 0.1) is 0 Å². The summed E-state index contributed by atoms with van der Waals surface area (Å²) >= 11 is 0. The van der Waals surface area contributed by atoms with E-state index in [2.05, 4.69) is 25.3 Å². The molecule has 0 unspecified atom stereocenters. The second-order valence-corrected chi connectivity index (χ2v) is 2.54. The van der Waals surface area contributed by atoms with Crippen molar-refractivity contribution in [1.82, 2.24) is 4.90 Å². The zero-order valence-corrected chi connectivity index (χ0v) is 7.27. The SMILES string of the molecule is C=CCN(CC)CCCC. The Morgan fingerprint density at radius 3 is 2.50 bits per heavy atom. The lowest BCUT2D eigenvalue weighted by molar-refractivity contribution is 0.313. The van der Waals surface area contributed by atoms with Crippen LogP contribution in [0.4, 0.5) is 0 Å². The summed E-state index contributed by atoms with van der Waals surface area (Å²) in [5, 5.41) is 0. The van der Waals surface area contributed by atoms with Crippen LogP contribution in [0.15, 0.2) is 12.7 Å².